The summed E-state index contributed by atoms with van der Waals surface area (Å²) in [6.07, 6.45) is -2.38. The number of alkyl halides is 2. The Labute approximate surface area is 102 Å². The van der Waals surface area contributed by atoms with E-state index in [4.69, 9.17) is 5.11 Å². The van der Waals surface area contributed by atoms with Gasteiger partial charge in [-0.3, -0.25) is 4.79 Å². The average molecular weight is 257 g/mol. The Morgan fingerprint density at radius 3 is 2.72 bits per heavy atom. The van der Waals surface area contributed by atoms with Crippen molar-refractivity contribution in [2.24, 2.45) is 5.92 Å². The van der Waals surface area contributed by atoms with Crippen molar-refractivity contribution in [3.63, 3.8) is 0 Å². The second-order valence-electron chi connectivity index (χ2n) is 4.35. The predicted molar refractivity (Wildman–Crippen MR) is 59.6 cm³/mol. The second-order valence-corrected chi connectivity index (χ2v) is 4.35. The predicted octanol–water partition coefficient (Wildman–Crippen LogP) is 2.06. The van der Waals surface area contributed by atoms with Gasteiger partial charge in [-0.1, -0.05) is 6.07 Å². The number of rotatable bonds is 3. The number of hydrogen-bond donors (Lipinski definition) is 3. The molecule has 0 bridgehead atoms. The van der Waals surface area contributed by atoms with Crippen molar-refractivity contribution < 1.29 is 23.8 Å². The fourth-order valence-corrected chi connectivity index (χ4v) is 2.14. The van der Waals surface area contributed by atoms with Crippen molar-refractivity contribution in [3.05, 3.63) is 29.3 Å². The number of benzene rings is 1. The standard InChI is InChI=1S/C12H13F2NO3/c13-11(14)8-3-6(1-2-10(8)16)9-4-7(5-15-9)12(17)18/h1-3,7,9,11,15-16H,4-5H2,(H,17,18). The molecule has 6 heteroatoms. The molecule has 2 atom stereocenters. The molecule has 98 valence electrons. The lowest BCUT2D eigenvalue weighted by Gasteiger charge is -2.13. The number of carbonyl (C=O) groups is 1. The minimum Gasteiger partial charge on any atom is -0.507 e. The van der Waals surface area contributed by atoms with Gasteiger partial charge in [-0.15, -0.1) is 0 Å². The van der Waals surface area contributed by atoms with E-state index in [2.05, 4.69) is 5.32 Å². The number of hydrogen-bond acceptors (Lipinski definition) is 3. The smallest absolute Gasteiger partial charge is 0.307 e. The molecule has 1 aromatic rings. The van der Waals surface area contributed by atoms with E-state index in [1.54, 1.807) is 0 Å². The number of aromatic hydroxyl groups is 1. The van der Waals surface area contributed by atoms with Crippen LogP contribution >= 0.6 is 0 Å². The summed E-state index contributed by atoms with van der Waals surface area (Å²) in [5.74, 6) is -1.84. The lowest BCUT2D eigenvalue weighted by molar-refractivity contribution is -0.141. The summed E-state index contributed by atoms with van der Waals surface area (Å²) in [5, 5.41) is 21.1. The van der Waals surface area contributed by atoms with Gasteiger partial charge in [0.15, 0.2) is 0 Å². The average Bonchev–Trinajstić information content (AvgIpc) is 2.78. The van der Waals surface area contributed by atoms with Crippen LogP contribution in [0.1, 0.15) is 30.0 Å². The Morgan fingerprint density at radius 2 is 2.17 bits per heavy atom. The molecule has 0 amide bonds. The summed E-state index contributed by atoms with van der Waals surface area (Å²) in [6.45, 7) is 0.324. The molecule has 2 rings (SSSR count). The third kappa shape index (κ3) is 2.43. The van der Waals surface area contributed by atoms with Crippen LogP contribution in [0, 0.1) is 5.92 Å². The highest BCUT2D eigenvalue weighted by atomic mass is 19.3. The molecule has 1 fully saturated rings. The molecule has 0 aliphatic carbocycles. The Morgan fingerprint density at radius 1 is 1.44 bits per heavy atom. The molecule has 1 aliphatic rings. The van der Waals surface area contributed by atoms with Crippen molar-refractivity contribution in [2.45, 2.75) is 18.9 Å². The molecule has 18 heavy (non-hydrogen) atoms. The van der Waals surface area contributed by atoms with Crippen LogP contribution in [0.4, 0.5) is 8.78 Å². The Bertz CT molecular complexity index is 465. The van der Waals surface area contributed by atoms with Crippen molar-refractivity contribution in [2.75, 3.05) is 6.54 Å². The maximum absolute atomic E-state index is 12.6. The van der Waals surface area contributed by atoms with Gasteiger partial charge in [-0.25, -0.2) is 8.78 Å². The van der Waals surface area contributed by atoms with E-state index in [1.807, 2.05) is 0 Å². The zero-order valence-electron chi connectivity index (χ0n) is 9.44. The second kappa shape index (κ2) is 4.89. The Hall–Kier alpha value is -1.69. The lowest BCUT2D eigenvalue weighted by atomic mass is 9.98. The summed E-state index contributed by atoms with van der Waals surface area (Å²) in [5.41, 5.74) is 0.153. The zero-order chi connectivity index (χ0) is 13.3. The molecule has 3 N–H and O–H groups in total. The fraction of sp³-hybridized carbons (Fsp3) is 0.417. The van der Waals surface area contributed by atoms with E-state index >= 15 is 0 Å². The van der Waals surface area contributed by atoms with E-state index in [0.717, 1.165) is 0 Å². The van der Waals surface area contributed by atoms with Crippen LogP contribution in [0.15, 0.2) is 18.2 Å². The maximum atomic E-state index is 12.6. The summed E-state index contributed by atoms with van der Waals surface area (Å²) in [7, 11) is 0. The number of halogens is 2. The third-order valence-electron chi connectivity index (χ3n) is 3.17. The topological polar surface area (TPSA) is 69.6 Å². The van der Waals surface area contributed by atoms with Gasteiger partial charge in [0, 0.05) is 12.6 Å². The first-order valence-corrected chi connectivity index (χ1v) is 5.56. The van der Waals surface area contributed by atoms with Gasteiger partial charge < -0.3 is 15.5 Å². The normalized spacial score (nSPS) is 23.5. The molecule has 0 saturated carbocycles. The van der Waals surface area contributed by atoms with Gasteiger partial charge in [-0.05, 0) is 24.1 Å². The van der Waals surface area contributed by atoms with Crippen LogP contribution in [-0.2, 0) is 4.79 Å². The summed E-state index contributed by atoms with van der Waals surface area (Å²) >= 11 is 0. The molecule has 0 aromatic heterocycles. The van der Waals surface area contributed by atoms with Gasteiger partial charge in [0.1, 0.15) is 5.75 Å². The molecule has 1 aromatic carbocycles. The minimum atomic E-state index is -2.75. The van der Waals surface area contributed by atoms with E-state index in [0.29, 0.717) is 18.5 Å². The van der Waals surface area contributed by atoms with E-state index in [9.17, 15) is 18.7 Å². The van der Waals surface area contributed by atoms with Gasteiger partial charge in [0.25, 0.3) is 6.43 Å². The number of carboxylic acid groups (broad SMARTS) is 1. The van der Waals surface area contributed by atoms with Crippen molar-refractivity contribution in [3.8, 4) is 5.75 Å². The summed E-state index contributed by atoms with van der Waals surface area (Å²) in [4.78, 5) is 10.8. The molecule has 0 spiro atoms. The first-order chi connectivity index (χ1) is 8.49. The summed E-state index contributed by atoms with van der Waals surface area (Å²) in [6, 6.07) is 3.71. The van der Waals surface area contributed by atoms with Crippen LogP contribution < -0.4 is 5.32 Å². The monoisotopic (exact) mass is 257 g/mol. The maximum Gasteiger partial charge on any atom is 0.307 e. The molecule has 1 heterocycles. The van der Waals surface area contributed by atoms with Gasteiger partial charge in [0.2, 0.25) is 0 Å². The minimum absolute atomic E-state index is 0.260. The fourth-order valence-electron chi connectivity index (χ4n) is 2.14. The van der Waals surface area contributed by atoms with Gasteiger partial charge >= 0.3 is 5.97 Å². The highest BCUT2D eigenvalue weighted by Gasteiger charge is 2.30. The largest absolute Gasteiger partial charge is 0.507 e. The van der Waals surface area contributed by atoms with Crippen LogP contribution in [0.2, 0.25) is 0 Å². The van der Waals surface area contributed by atoms with Gasteiger partial charge in [0.05, 0.1) is 11.5 Å². The highest BCUT2D eigenvalue weighted by molar-refractivity contribution is 5.70. The number of phenols is 1. The molecular weight excluding hydrogens is 244 g/mol. The number of nitrogens with one attached hydrogen (secondary N) is 1. The summed E-state index contributed by atoms with van der Waals surface area (Å²) < 4.78 is 25.3. The van der Waals surface area contributed by atoms with Crippen molar-refractivity contribution >= 4 is 5.97 Å². The van der Waals surface area contributed by atoms with Crippen molar-refractivity contribution in [1.29, 1.82) is 0 Å². The first kappa shape index (κ1) is 12.8. The van der Waals surface area contributed by atoms with Crippen LogP contribution in [-0.4, -0.2) is 22.7 Å². The SMILES string of the molecule is O=C(O)C1CNC(c2ccc(O)c(C(F)F)c2)C1. The highest BCUT2D eigenvalue weighted by Crippen LogP contribution is 2.34. The van der Waals surface area contributed by atoms with E-state index in [-0.39, 0.29) is 6.04 Å². The van der Waals surface area contributed by atoms with Crippen LogP contribution in [0.3, 0.4) is 0 Å². The molecule has 4 nitrogen and oxygen atoms in total. The molecule has 1 aliphatic heterocycles. The zero-order valence-corrected chi connectivity index (χ0v) is 9.44. The van der Waals surface area contributed by atoms with Gasteiger partial charge in [-0.2, -0.15) is 0 Å². The molecule has 1 saturated heterocycles. The van der Waals surface area contributed by atoms with E-state index < -0.39 is 29.6 Å². The number of carboxylic acids is 1. The Kier molecular flexibility index (Phi) is 3.47. The van der Waals surface area contributed by atoms with Crippen LogP contribution in [0.25, 0.3) is 0 Å². The first-order valence-electron chi connectivity index (χ1n) is 5.56. The quantitative estimate of drug-likeness (QED) is 0.775. The molecular formula is C12H13F2NO3. The Balaban J connectivity index is 2.20. The third-order valence-corrected chi connectivity index (χ3v) is 3.17. The van der Waals surface area contributed by atoms with Crippen LogP contribution in [0.5, 0.6) is 5.75 Å². The van der Waals surface area contributed by atoms with Crippen molar-refractivity contribution in [1.82, 2.24) is 5.32 Å². The molecule has 0 radical (unpaired) electrons. The number of phenolic OH excluding ortho intramolecular Hbond substituents is 1. The lowest BCUT2D eigenvalue weighted by Crippen LogP contribution is -2.17. The number of aliphatic carboxylic acids is 1. The van der Waals surface area contributed by atoms with E-state index in [1.165, 1.54) is 18.2 Å². The molecule has 2 unspecified atom stereocenters.